The molecule has 0 saturated heterocycles. The van der Waals surface area contributed by atoms with Gasteiger partial charge in [-0.2, -0.15) is 4.98 Å². The van der Waals surface area contributed by atoms with Gasteiger partial charge in [0.15, 0.2) is 11.6 Å². The fraction of sp³-hybridized carbons (Fsp3) is 0.320. The molecule has 32 heavy (non-hydrogen) atoms. The van der Waals surface area contributed by atoms with Crippen LogP contribution in [0.5, 0.6) is 11.5 Å². The maximum absolute atomic E-state index is 13.4. The highest BCUT2D eigenvalue weighted by Gasteiger charge is 2.42. The number of ether oxygens (including phenoxy) is 2. The quantitative estimate of drug-likeness (QED) is 0.651. The van der Waals surface area contributed by atoms with Crippen LogP contribution in [0, 0.1) is 5.41 Å². The van der Waals surface area contributed by atoms with Crippen molar-refractivity contribution in [2.24, 2.45) is 5.41 Å². The van der Waals surface area contributed by atoms with Gasteiger partial charge in [0.25, 0.3) is 0 Å². The van der Waals surface area contributed by atoms with Crippen LogP contribution in [-0.4, -0.2) is 34.8 Å². The van der Waals surface area contributed by atoms with Crippen LogP contribution in [-0.2, 0) is 4.79 Å². The van der Waals surface area contributed by atoms with Gasteiger partial charge in [0.05, 0.1) is 14.2 Å². The van der Waals surface area contributed by atoms with Crippen molar-refractivity contribution < 1.29 is 14.3 Å². The first-order chi connectivity index (χ1) is 15.4. The molecule has 2 aromatic carbocycles. The zero-order valence-electron chi connectivity index (χ0n) is 18.7. The van der Waals surface area contributed by atoms with Crippen molar-refractivity contribution in [1.82, 2.24) is 14.8 Å². The second kappa shape index (κ2) is 7.51. The molecule has 1 N–H and O–H groups in total. The fourth-order valence-electron chi connectivity index (χ4n) is 4.65. The zero-order chi connectivity index (χ0) is 22.5. The van der Waals surface area contributed by atoms with E-state index in [1.807, 2.05) is 53.2 Å². The van der Waals surface area contributed by atoms with Gasteiger partial charge in [-0.3, -0.25) is 4.79 Å². The van der Waals surface area contributed by atoms with Crippen LogP contribution in [0.1, 0.15) is 38.3 Å². The Morgan fingerprint density at radius 2 is 1.84 bits per heavy atom. The van der Waals surface area contributed by atoms with Gasteiger partial charge in [0.1, 0.15) is 17.5 Å². The van der Waals surface area contributed by atoms with Crippen molar-refractivity contribution in [3.8, 4) is 22.9 Å². The molecule has 0 fully saturated rings. The number of aromatic nitrogens is 3. The molecular weight excluding hydrogens is 404 g/mol. The summed E-state index contributed by atoms with van der Waals surface area (Å²) in [5, 5.41) is 8.25. The van der Waals surface area contributed by atoms with Crippen LogP contribution in [0.4, 0.5) is 5.95 Å². The molecule has 1 aromatic heterocycles. The number of nitrogens with one attached hydrogen (secondary N) is 1. The Bertz CT molecular complexity index is 1230. The summed E-state index contributed by atoms with van der Waals surface area (Å²) in [6.07, 6.45) is 1.24. The predicted molar refractivity (Wildman–Crippen MR) is 122 cm³/mol. The number of methoxy groups -OCH3 is 2. The topological polar surface area (TPSA) is 78.3 Å². The van der Waals surface area contributed by atoms with E-state index in [9.17, 15) is 4.79 Å². The lowest BCUT2D eigenvalue weighted by molar-refractivity contribution is -0.118. The molecule has 1 atom stereocenters. The highest BCUT2D eigenvalue weighted by molar-refractivity contribution is 6.00. The van der Waals surface area contributed by atoms with Gasteiger partial charge >= 0.3 is 0 Å². The maximum Gasteiger partial charge on any atom is 0.226 e. The Hall–Kier alpha value is -3.61. The summed E-state index contributed by atoms with van der Waals surface area (Å²) in [4.78, 5) is 18.2. The highest BCUT2D eigenvalue weighted by Crippen LogP contribution is 2.47. The number of carbonyl (C=O) groups excluding carboxylic acids is 1. The molecule has 0 saturated carbocycles. The Morgan fingerprint density at radius 3 is 2.56 bits per heavy atom. The molecule has 0 amide bonds. The third-order valence-electron chi connectivity index (χ3n) is 6.10. The molecule has 0 radical (unpaired) electrons. The van der Waals surface area contributed by atoms with Gasteiger partial charge < -0.3 is 14.8 Å². The highest BCUT2D eigenvalue weighted by atomic mass is 16.5. The number of benzene rings is 2. The van der Waals surface area contributed by atoms with Crippen LogP contribution < -0.4 is 14.8 Å². The summed E-state index contributed by atoms with van der Waals surface area (Å²) in [7, 11) is 3.24. The van der Waals surface area contributed by atoms with E-state index >= 15 is 0 Å². The SMILES string of the molecule is COc1ccc(C2C3=C(CC(C)(C)CC3=O)Nc3nc(-c4ccccc4)nn32)c(OC)c1. The van der Waals surface area contributed by atoms with E-state index in [1.54, 1.807) is 14.2 Å². The minimum absolute atomic E-state index is 0.119. The summed E-state index contributed by atoms with van der Waals surface area (Å²) < 4.78 is 12.9. The molecule has 2 heterocycles. The normalized spacial score (nSPS) is 19.1. The molecular formula is C25H26N4O3. The smallest absolute Gasteiger partial charge is 0.226 e. The van der Waals surface area contributed by atoms with E-state index in [-0.39, 0.29) is 11.2 Å². The van der Waals surface area contributed by atoms with Crippen LogP contribution >= 0.6 is 0 Å². The van der Waals surface area contributed by atoms with E-state index in [0.29, 0.717) is 29.7 Å². The minimum atomic E-state index is -0.435. The number of fused-ring (bicyclic) bond motifs is 1. The molecule has 1 aliphatic heterocycles. The number of hydrogen-bond acceptors (Lipinski definition) is 6. The van der Waals surface area contributed by atoms with E-state index in [1.165, 1.54) is 0 Å². The van der Waals surface area contributed by atoms with Crippen molar-refractivity contribution >= 4 is 11.7 Å². The molecule has 0 spiro atoms. The molecule has 164 valence electrons. The Morgan fingerprint density at radius 1 is 1.06 bits per heavy atom. The first kappa shape index (κ1) is 20.3. The van der Waals surface area contributed by atoms with Crippen LogP contribution in [0.25, 0.3) is 11.4 Å². The van der Waals surface area contributed by atoms with Gasteiger partial charge in [-0.05, 0) is 24.0 Å². The van der Waals surface area contributed by atoms with Gasteiger partial charge in [0, 0.05) is 34.9 Å². The molecule has 3 aromatic rings. The molecule has 5 rings (SSSR count). The summed E-state index contributed by atoms with van der Waals surface area (Å²) in [5.74, 6) is 2.68. The fourth-order valence-corrected chi connectivity index (χ4v) is 4.65. The number of nitrogens with zero attached hydrogens (tertiary/aromatic N) is 3. The maximum atomic E-state index is 13.4. The Labute approximate surface area is 187 Å². The molecule has 0 bridgehead atoms. The number of ketones is 1. The summed E-state index contributed by atoms with van der Waals surface area (Å²) >= 11 is 0. The monoisotopic (exact) mass is 430 g/mol. The van der Waals surface area contributed by atoms with Crippen molar-refractivity contribution in [2.75, 3.05) is 19.5 Å². The largest absolute Gasteiger partial charge is 0.497 e. The zero-order valence-corrected chi connectivity index (χ0v) is 18.7. The number of carbonyl (C=O) groups is 1. The predicted octanol–water partition coefficient (Wildman–Crippen LogP) is 4.62. The van der Waals surface area contributed by atoms with Crippen LogP contribution in [0.15, 0.2) is 59.8 Å². The summed E-state index contributed by atoms with van der Waals surface area (Å²) in [6, 6.07) is 15.1. The van der Waals surface area contributed by atoms with Gasteiger partial charge in [-0.15, -0.1) is 5.10 Å². The van der Waals surface area contributed by atoms with E-state index in [2.05, 4.69) is 19.2 Å². The van der Waals surface area contributed by atoms with Crippen molar-refractivity contribution in [3.63, 3.8) is 0 Å². The molecule has 2 aliphatic rings. The van der Waals surface area contributed by atoms with E-state index < -0.39 is 6.04 Å². The average molecular weight is 431 g/mol. The lowest BCUT2D eigenvalue weighted by Gasteiger charge is -2.38. The first-order valence-corrected chi connectivity index (χ1v) is 10.7. The van der Waals surface area contributed by atoms with Crippen molar-refractivity contribution in [1.29, 1.82) is 0 Å². The Balaban J connectivity index is 1.72. The molecule has 7 nitrogen and oxygen atoms in total. The second-order valence-electron chi connectivity index (χ2n) is 9.04. The molecule has 1 aliphatic carbocycles. The van der Waals surface area contributed by atoms with Gasteiger partial charge in [-0.25, -0.2) is 4.68 Å². The van der Waals surface area contributed by atoms with Crippen molar-refractivity contribution in [3.05, 3.63) is 65.4 Å². The molecule has 7 heteroatoms. The van der Waals surface area contributed by atoms with Crippen molar-refractivity contribution in [2.45, 2.75) is 32.7 Å². The number of rotatable bonds is 4. The Kier molecular flexibility index (Phi) is 4.77. The number of hydrogen-bond donors (Lipinski definition) is 1. The average Bonchev–Trinajstić information content (AvgIpc) is 3.21. The number of allylic oxidation sites excluding steroid dienone is 2. The summed E-state index contributed by atoms with van der Waals surface area (Å²) in [6.45, 7) is 4.24. The summed E-state index contributed by atoms with van der Waals surface area (Å²) in [5.41, 5.74) is 3.28. The second-order valence-corrected chi connectivity index (χ2v) is 9.04. The minimum Gasteiger partial charge on any atom is -0.497 e. The lowest BCUT2D eigenvalue weighted by Crippen LogP contribution is -2.36. The third-order valence-corrected chi connectivity index (χ3v) is 6.10. The van der Waals surface area contributed by atoms with Crippen LogP contribution in [0.2, 0.25) is 0 Å². The van der Waals surface area contributed by atoms with E-state index in [4.69, 9.17) is 19.6 Å². The van der Waals surface area contributed by atoms with Crippen LogP contribution in [0.3, 0.4) is 0 Å². The standard InChI is InChI=1S/C25H26N4O3/c1-25(2)13-18-21(19(30)14-25)22(17-11-10-16(31-3)12-20(17)32-4)29-24(26-18)27-23(28-29)15-8-6-5-7-9-15/h5-12,22H,13-14H2,1-4H3,(H,26,27,28). The first-order valence-electron chi connectivity index (χ1n) is 10.7. The number of Topliss-reactive ketones (excluding diaryl/α,β-unsaturated/α-hetero) is 1. The lowest BCUT2D eigenvalue weighted by atomic mass is 9.73. The third kappa shape index (κ3) is 3.34. The molecule has 1 unspecified atom stereocenters. The van der Waals surface area contributed by atoms with Gasteiger partial charge in [-0.1, -0.05) is 44.2 Å². The number of anilines is 1. The van der Waals surface area contributed by atoms with Gasteiger partial charge in [0.2, 0.25) is 5.95 Å². The van der Waals surface area contributed by atoms with E-state index in [0.717, 1.165) is 28.8 Å².